The summed E-state index contributed by atoms with van der Waals surface area (Å²) < 4.78 is 3.03. The number of aromatic nitrogens is 3. The third-order valence-electron chi connectivity index (χ3n) is 4.36. The molecule has 0 aliphatic carbocycles. The lowest BCUT2D eigenvalue weighted by atomic mass is 10.1. The van der Waals surface area contributed by atoms with Crippen molar-refractivity contribution in [3.05, 3.63) is 90.1 Å². The molecule has 0 bridgehead atoms. The van der Waals surface area contributed by atoms with E-state index in [1.54, 1.807) is 11.3 Å². The van der Waals surface area contributed by atoms with Gasteiger partial charge in [0.25, 0.3) is 0 Å². The molecule has 5 rings (SSSR count). The number of hydrogen-bond acceptors (Lipinski definition) is 3. The van der Waals surface area contributed by atoms with Gasteiger partial charge in [-0.15, -0.1) is 11.3 Å². The molecule has 3 nitrogen and oxygen atoms in total. The molecule has 3 aromatic carbocycles. The highest BCUT2D eigenvalue weighted by atomic mass is 35.5. The van der Waals surface area contributed by atoms with E-state index in [9.17, 15) is 0 Å². The zero-order valence-electron chi connectivity index (χ0n) is 14.2. The van der Waals surface area contributed by atoms with Crippen LogP contribution in [0.15, 0.2) is 85.1 Å². The van der Waals surface area contributed by atoms with Crippen molar-refractivity contribution in [3.63, 3.8) is 0 Å². The van der Waals surface area contributed by atoms with Gasteiger partial charge >= 0.3 is 0 Å². The van der Waals surface area contributed by atoms with Crippen molar-refractivity contribution < 1.29 is 0 Å². The largest absolute Gasteiger partial charge is 0.240 e. The Bertz CT molecular complexity index is 1230. The van der Waals surface area contributed by atoms with Crippen molar-refractivity contribution in [1.29, 1.82) is 0 Å². The summed E-state index contributed by atoms with van der Waals surface area (Å²) in [6.45, 7) is 0. The molecule has 0 aliphatic heterocycles. The normalized spacial score (nSPS) is 11.1. The van der Waals surface area contributed by atoms with Crippen LogP contribution in [0.2, 0.25) is 5.02 Å². The van der Waals surface area contributed by atoms with Crippen LogP contribution in [0.4, 0.5) is 0 Å². The zero-order chi connectivity index (χ0) is 18.2. The summed E-state index contributed by atoms with van der Waals surface area (Å²) in [5.74, 6) is 0. The summed E-state index contributed by atoms with van der Waals surface area (Å²) in [4.78, 5) is 4.82. The van der Waals surface area contributed by atoms with Gasteiger partial charge < -0.3 is 0 Å². The number of halogens is 1. The highest BCUT2D eigenvalue weighted by Gasteiger charge is 2.17. The highest BCUT2D eigenvalue weighted by Crippen LogP contribution is 2.37. The second kappa shape index (κ2) is 6.65. The molecule has 0 spiro atoms. The molecular weight excluding hydrogens is 374 g/mol. The van der Waals surface area contributed by atoms with Crippen LogP contribution >= 0.6 is 22.9 Å². The second-order valence-electron chi connectivity index (χ2n) is 6.17. The van der Waals surface area contributed by atoms with Crippen molar-refractivity contribution in [2.75, 3.05) is 0 Å². The van der Waals surface area contributed by atoms with Crippen molar-refractivity contribution >= 4 is 33.2 Å². The van der Waals surface area contributed by atoms with E-state index in [2.05, 4.69) is 18.3 Å². The van der Waals surface area contributed by atoms with Gasteiger partial charge in [0.1, 0.15) is 10.7 Å². The zero-order valence-corrected chi connectivity index (χ0v) is 15.8. The molecule has 0 atom stereocenters. The van der Waals surface area contributed by atoms with Gasteiger partial charge in [-0.1, -0.05) is 60.1 Å². The van der Waals surface area contributed by atoms with Crippen molar-refractivity contribution in [2.45, 2.75) is 0 Å². The average Bonchev–Trinajstić information content (AvgIpc) is 3.33. The maximum atomic E-state index is 6.13. The van der Waals surface area contributed by atoms with Gasteiger partial charge in [-0.3, -0.25) is 0 Å². The molecule has 130 valence electrons. The molecule has 27 heavy (non-hydrogen) atoms. The third-order valence-corrected chi connectivity index (χ3v) is 5.67. The minimum absolute atomic E-state index is 0.697. The first-order valence-electron chi connectivity index (χ1n) is 8.55. The lowest BCUT2D eigenvalue weighted by Crippen LogP contribution is -1.93. The summed E-state index contributed by atoms with van der Waals surface area (Å²) in [6.07, 6.45) is 2.05. The molecule has 0 fully saturated rings. The van der Waals surface area contributed by atoms with E-state index in [1.165, 1.54) is 0 Å². The maximum Gasteiger partial charge on any atom is 0.128 e. The lowest BCUT2D eigenvalue weighted by molar-refractivity contribution is 0.884. The first-order valence-corrected chi connectivity index (χ1v) is 9.74. The van der Waals surface area contributed by atoms with E-state index in [0.29, 0.717) is 5.02 Å². The summed E-state index contributed by atoms with van der Waals surface area (Å²) in [7, 11) is 0. The van der Waals surface area contributed by atoms with Gasteiger partial charge in [-0.25, -0.2) is 9.67 Å². The topological polar surface area (TPSA) is 30.7 Å². The van der Waals surface area contributed by atoms with Gasteiger partial charge in [-0.05, 0) is 30.3 Å². The van der Waals surface area contributed by atoms with E-state index in [0.717, 1.165) is 37.7 Å². The van der Waals surface area contributed by atoms with Crippen molar-refractivity contribution in [1.82, 2.24) is 14.8 Å². The Hall–Kier alpha value is -2.95. The second-order valence-corrected chi connectivity index (χ2v) is 7.64. The van der Waals surface area contributed by atoms with Crippen LogP contribution in [0.1, 0.15) is 0 Å². The van der Waals surface area contributed by atoms with E-state index in [1.807, 2.05) is 71.4 Å². The average molecular weight is 388 g/mol. The predicted molar refractivity (Wildman–Crippen MR) is 113 cm³/mol. The number of hydrogen-bond donors (Lipinski definition) is 0. The quantitative estimate of drug-likeness (QED) is 0.355. The van der Waals surface area contributed by atoms with Crippen LogP contribution in [0.25, 0.3) is 37.7 Å². The van der Waals surface area contributed by atoms with Crippen molar-refractivity contribution in [2.24, 2.45) is 0 Å². The summed E-state index contributed by atoms with van der Waals surface area (Å²) in [5, 5.41) is 6.51. The lowest BCUT2D eigenvalue weighted by Gasteiger charge is -2.00. The van der Waals surface area contributed by atoms with E-state index in [-0.39, 0.29) is 0 Å². The number of fused-ring (bicyclic) bond motifs is 1. The molecule has 0 amide bonds. The molecule has 0 N–H and O–H groups in total. The molecule has 0 unspecified atom stereocenters. The van der Waals surface area contributed by atoms with Crippen LogP contribution in [-0.4, -0.2) is 14.8 Å². The van der Waals surface area contributed by atoms with Gasteiger partial charge in [-0.2, -0.15) is 5.10 Å². The van der Waals surface area contributed by atoms with Gasteiger partial charge in [0, 0.05) is 16.8 Å². The van der Waals surface area contributed by atoms with Crippen LogP contribution < -0.4 is 0 Å². The summed E-state index contributed by atoms with van der Waals surface area (Å²) in [5.41, 5.74) is 4.94. The standard InChI is InChI=1S/C22H14ClN3S/c23-16-11-12-20-19(13-16)24-22(27-20)18-14-26(17-9-5-2-6-10-17)25-21(18)15-7-3-1-4-8-15/h1-14H. The van der Waals surface area contributed by atoms with Crippen LogP contribution in [0.3, 0.4) is 0 Å². The number of thiazole rings is 1. The van der Waals surface area contributed by atoms with E-state index in [4.69, 9.17) is 21.7 Å². The Balaban J connectivity index is 1.73. The molecule has 0 radical (unpaired) electrons. The molecule has 2 aromatic heterocycles. The smallest absolute Gasteiger partial charge is 0.128 e. The highest BCUT2D eigenvalue weighted by molar-refractivity contribution is 7.21. The Morgan fingerprint density at radius 2 is 1.59 bits per heavy atom. The van der Waals surface area contributed by atoms with E-state index < -0.39 is 0 Å². The fraction of sp³-hybridized carbons (Fsp3) is 0. The SMILES string of the molecule is Clc1ccc2sc(-c3cn(-c4ccccc4)nc3-c3ccccc3)nc2c1. The van der Waals surface area contributed by atoms with Crippen LogP contribution in [-0.2, 0) is 0 Å². The van der Waals surface area contributed by atoms with Gasteiger partial charge in [0.2, 0.25) is 0 Å². The van der Waals surface area contributed by atoms with Gasteiger partial charge in [0.15, 0.2) is 0 Å². The Morgan fingerprint density at radius 3 is 2.37 bits per heavy atom. The van der Waals surface area contributed by atoms with Crippen LogP contribution in [0, 0.1) is 0 Å². The number of rotatable bonds is 3. The third kappa shape index (κ3) is 3.03. The number of para-hydroxylation sites is 1. The first-order chi connectivity index (χ1) is 13.3. The molecule has 5 aromatic rings. The molecule has 5 heteroatoms. The molecule has 0 aliphatic rings. The maximum absolute atomic E-state index is 6.13. The Labute approximate surface area is 165 Å². The first kappa shape index (κ1) is 16.2. The monoisotopic (exact) mass is 387 g/mol. The molecule has 0 saturated carbocycles. The minimum Gasteiger partial charge on any atom is -0.240 e. The number of nitrogens with zero attached hydrogens (tertiary/aromatic N) is 3. The summed E-state index contributed by atoms with van der Waals surface area (Å²) in [6, 6.07) is 26.2. The predicted octanol–water partition coefficient (Wildman–Crippen LogP) is 6.47. The Morgan fingerprint density at radius 1 is 0.852 bits per heavy atom. The fourth-order valence-corrected chi connectivity index (χ4v) is 4.19. The van der Waals surface area contributed by atoms with Crippen molar-refractivity contribution in [3.8, 4) is 27.5 Å². The van der Waals surface area contributed by atoms with Crippen LogP contribution in [0.5, 0.6) is 0 Å². The Kier molecular flexibility index (Phi) is 4.00. The summed E-state index contributed by atoms with van der Waals surface area (Å²) >= 11 is 7.79. The minimum atomic E-state index is 0.697. The van der Waals surface area contributed by atoms with E-state index >= 15 is 0 Å². The van der Waals surface area contributed by atoms with Gasteiger partial charge in [0.05, 0.1) is 21.5 Å². The molecular formula is C22H14ClN3S. The molecule has 0 saturated heterocycles. The fourth-order valence-electron chi connectivity index (χ4n) is 3.07. The number of benzene rings is 3. The molecule has 2 heterocycles.